The third-order valence-electron chi connectivity index (χ3n) is 4.59. The van der Waals surface area contributed by atoms with E-state index < -0.39 is 0 Å². The van der Waals surface area contributed by atoms with Crippen molar-refractivity contribution in [2.24, 2.45) is 0 Å². The van der Waals surface area contributed by atoms with E-state index in [1.165, 1.54) is 11.8 Å². The minimum atomic E-state index is -0.0561. The van der Waals surface area contributed by atoms with E-state index in [4.69, 9.17) is 4.74 Å². The monoisotopic (exact) mass is 377 g/mol. The molecule has 1 unspecified atom stereocenters. The van der Waals surface area contributed by atoms with E-state index in [0.29, 0.717) is 5.75 Å². The van der Waals surface area contributed by atoms with Crippen molar-refractivity contribution in [1.82, 2.24) is 19.3 Å². The predicted molar refractivity (Wildman–Crippen MR) is 103 cm³/mol. The molecule has 3 heterocycles. The summed E-state index contributed by atoms with van der Waals surface area (Å²) < 4.78 is 9.74. The van der Waals surface area contributed by atoms with Gasteiger partial charge in [-0.25, -0.2) is 9.67 Å². The highest BCUT2D eigenvalue weighted by Crippen LogP contribution is 2.24. The average Bonchev–Trinajstić information content (AvgIpc) is 3.31. The molecule has 1 N–H and O–H groups in total. The Bertz CT molecular complexity index is 762. The summed E-state index contributed by atoms with van der Waals surface area (Å²) in [5.74, 6) is 0.977. The van der Waals surface area contributed by atoms with Gasteiger partial charge in [0.15, 0.2) is 5.16 Å². The van der Waals surface area contributed by atoms with Gasteiger partial charge in [-0.1, -0.05) is 11.8 Å². The number of nitrogens with one attached hydrogen (secondary N) is 1. The number of anilines is 1. The molecule has 142 valence electrons. The first kappa shape index (κ1) is 19.0. The van der Waals surface area contributed by atoms with Gasteiger partial charge in [0.05, 0.1) is 30.3 Å². The van der Waals surface area contributed by atoms with Gasteiger partial charge in [0.1, 0.15) is 5.82 Å². The number of imidazole rings is 1. The van der Waals surface area contributed by atoms with Gasteiger partial charge in [0.25, 0.3) is 0 Å². The van der Waals surface area contributed by atoms with E-state index in [1.807, 2.05) is 26.8 Å². The first-order valence-corrected chi connectivity index (χ1v) is 10.1. The zero-order valence-electron chi connectivity index (χ0n) is 15.9. The maximum absolute atomic E-state index is 12.4. The molecule has 0 aliphatic carbocycles. The van der Waals surface area contributed by atoms with Crippen molar-refractivity contribution >= 4 is 23.5 Å². The van der Waals surface area contributed by atoms with Crippen molar-refractivity contribution in [3.63, 3.8) is 0 Å². The van der Waals surface area contributed by atoms with Crippen LogP contribution in [0.5, 0.6) is 0 Å². The van der Waals surface area contributed by atoms with Gasteiger partial charge in [-0.05, 0) is 40.5 Å². The minimum absolute atomic E-state index is 0.0561. The standard InChI is InChI=1S/C18H27N5O2S/c1-12(2)23-16(7-8-19-23)21-17(24)11-26-18-20-13(3)14(4)22(18)10-15-6-5-9-25-15/h7-8,12,15H,5-6,9-11H2,1-4H3,(H,21,24). The molecule has 26 heavy (non-hydrogen) atoms. The number of hydrogen-bond donors (Lipinski definition) is 1. The second-order valence-corrected chi connectivity index (χ2v) is 7.84. The SMILES string of the molecule is Cc1nc(SCC(=O)Nc2ccnn2C(C)C)n(CC2CCCO2)c1C. The van der Waals surface area contributed by atoms with E-state index in [2.05, 4.69) is 26.9 Å². The molecule has 0 radical (unpaired) electrons. The number of amides is 1. The van der Waals surface area contributed by atoms with E-state index in [9.17, 15) is 4.79 Å². The molecule has 0 saturated carbocycles. The summed E-state index contributed by atoms with van der Waals surface area (Å²) in [7, 11) is 0. The molecule has 1 amide bonds. The third-order valence-corrected chi connectivity index (χ3v) is 5.57. The maximum atomic E-state index is 12.4. The molecule has 3 rings (SSSR count). The summed E-state index contributed by atoms with van der Waals surface area (Å²) in [4.78, 5) is 17.0. The zero-order valence-corrected chi connectivity index (χ0v) is 16.7. The molecule has 1 atom stereocenters. The van der Waals surface area contributed by atoms with Crippen LogP contribution < -0.4 is 5.32 Å². The number of thioether (sulfide) groups is 1. The number of carbonyl (C=O) groups excluding carboxylic acids is 1. The maximum Gasteiger partial charge on any atom is 0.235 e. The number of nitrogens with zero attached hydrogens (tertiary/aromatic N) is 4. The lowest BCUT2D eigenvalue weighted by Crippen LogP contribution is -2.19. The van der Waals surface area contributed by atoms with Gasteiger partial charge in [-0.3, -0.25) is 4.79 Å². The van der Waals surface area contributed by atoms with Crippen LogP contribution in [0.1, 0.15) is 44.1 Å². The zero-order chi connectivity index (χ0) is 18.7. The van der Waals surface area contributed by atoms with Crippen molar-refractivity contribution in [3.8, 4) is 0 Å². The van der Waals surface area contributed by atoms with Gasteiger partial charge in [-0.2, -0.15) is 5.10 Å². The molecular formula is C18H27N5O2S. The predicted octanol–water partition coefficient (Wildman–Crippen LogP) is 3.19. The van der Waals surface area contributed by atoms with Crippen LogP contribution in [-0.2, 0) is 16.1 Å². The van der Waals surface area contributed by atoms with Crippen molar-refractivity contribution in [3.05, 3.63) is 23.7 Å². The Labute approximate surface area is 158 Å². The van der Waals surface area contributed by atoms with Crippen molar-refractivity contribution in [2.75, 3.05) is 17.7 Å². The Hall–Kier alpha value is -1.80. The third kappa shape index (κ3) is 4.29. The average molecular weight is 378 g/mol. The van der Waals surface area contributed by atoms with Gasteiger partial charge < -0.3 is 14.6 Å². The highest BCUT2D eigenvalue weighted by Gasteiger charge is 2.21. The highest BCUT2D eigenvalue weighted by atomic mass is 32.2. The number of rotatable bonds is 7. The number of aromatic nitrogens is 4. The summed E-state index contributed by atoms with van der Waals surface area (Å²) in [6.45, 7) is 9.79. The van der Waals surface area contributed by atoms with Crippen LogP contribution in [0.4, 0.5) is 5.82 Å². The topological polar surface area (TPSA) is 74.0 Å². The minimum Gasteiger partial charge on any atom is -0.376 e. The number of aryl methyl sites for hydroxylation is 1. The molecule has 8 heteroatoms. The second-order valence-electron chi connectivity index (χ2n) is 6.90. The molecule has 1 aliphatic rings. The molecule has 7 nitrogen and oxygen atoms in total. The second kappa shape index (κ2) is 8.26. The van der Waals surface area contributed by atoms with Crippen molar-refractivity contribution in [1.29, 1.82) is 0 Å². The van der Waals surface area contributed by atoms with Gasteiger partial charge in [-0.15, -0.1) is 0 Å². The van der Waals surface area contributed by atoms with E-state index in [0.717, 1.165) is 48.4 Å². The summed E-state index contributed by atoms with van der Waals surface area (Å²) in [6.07, 6.45) is 4.15. The summed E-state index contributed by atoms with van der Waals surface area (Å²) in [5, 5.41) is 8.05. The van der Waals surface area contributed by atoms with Crippen LogP contribution in [0.25, 0.3) is 0 Å². The fraction of sp³-hybridized carbons (Fsp3) is 0.611. The smallest absolute Gasteiger partial charge is 0.235 e. The Morgan fingerprint density at radius 1 is 1.46 bits per heavy atom. The van der Waals surface area contributed by atoms with Crippen LogP contribution in [-0.4, -0.2) is 43.7 Å². The van der Waals surface area contributed by atoms with Gasteiger partial charge >= 0.3 is 0 Å². The van der Waals surface area contributed by atoms with Crippen LogP contribution in [0.3, 0.4) is 0 Å². The Kier molecular flexibility index (Phi) is 6.03. The lowest BCUT2D eigenvalue weighted by Gasteiger charge is -2.15. The van der Waals surface area contributed by atoms with Crippen molar-refractivity contribution in [2.45, 2.75) is 64.4 Å². The van der Waals surface area contributed by atoms with Crippen LogP contribution in [0.15, 0.2) is 17.4 Å². The lowest BCUT2D eigenvalue weighted by molar-refractivity contribution is -0.113. The Morgan fingerprint density at radius 2 is 2.27 bits per heavy atom. The first-order valence-electron chi connectivity index (χ1n) is 9.07. The van der Waals surface area contributed by atoms with Crippen LogP contribution in [0, 0.1) is 13.8 Å². The Morgan fingerprint density at radius 3 is 2.96 bits per heavy atom. The number of hydrogen-bond acceptors (Lipinski definition) is 5. The number of carbonyl (C=O) groups is 1. The van der Waals surface area contributed by atoms with Gasteiger partial charge in [0, 0.05) is 24.4 Å². The molecule has 0 bridgehead atoms. The first-order chi connectivity index (χ1) is 12.5. The molecule has 2 aromatic rings. The molecule has 2 aromatic heterocycles. The summed E-state index contributed by atoms with van der Waals surface area (Å²) in [6, 6.07) is 2.01. The normalized spacial score (nSPS) is 17.2. The quantitative estimate of drug-likeness (QED) is 0.750. The lowest BCUT2D eigenvalue weighted by atomic mass is 10.2. The molecule has 0 aromatic carbocycles. The molecule has 0 spiro atoms. The molecular weight excluding hydrogens is 350 g/mol. The highest BCUT2D eigenvalue weighted by molar-refractivity contribution is 7.99. The van der Waals surface area contributed by atoms with Crippen molar-refractivity contribution < 1.29 is 9.53 Å². The largest absolute Gasteiger partial charge is 0.376 e. The molecule has 1 fully saturated rings. The Balaban J connectivity index is 1.62. The molecule has 1 saturated heterocycles. The number of ether oxygens (including phenoxy) is 1. The van der Waals surface area contributed by atoms with E-state index in [-0.39, 0.29) is 18.1 Å². The van der Waals surface area contributed by atoms with Crippen LogP contribution >= 0.6 is 11.8 Å². The summed E-state index contributed by atoms with van der Waals surface area (Å²) >= 11 is 1.46. The van der Waals surface area contributed by atoms with E-state index in [1.54, 1.807) is 10.9 Å². The fourth-order valence-electron chi connectivity index (χ4n) is 3.07. The fourth-order valence-corrected chi connectivity index (χ4v) is 3.98. The molecule has 1 aliphatic heterocycles. The van der Waals surface area contributed by atoms with Gasteiger partial charge in [0.2, 0.25) is 5.91 Å². The van der Waals surface area contributed by atoms with E-state index >= 15 is 0 Å². The van der Waals surface area contributed by atoms with Crippen LogP contribution in [0.2, 0.25) is 0 Å². The summed E-state index contributed by atoms with van der Waals surface area (Å²) in [5.41, 5.74) is 2.14.